The Hall–Kier alpha value is -1.03. The fraction of sp³-hybridized carbons (Fsp3) is 0.417. The number of nitro groups is 1. The molecule has 2 N–H and O–H groups in total. The van der Waals surface area contributed by atoms with Crippen molar-refractivity contribution in [2.24, 2.45) is 10.7 Å². The Morgan fingerprint density at radius 1 is 1.45 bits per heavy atom. The standard InChI is InChI=1S/C12H16N4O2S.HI/c13-12(15-4-6-19-7-5-15)14-9-10-2-1-3-11(8-10)16(17)18;/h1-3,8H,4-7,9H2,(H2,13,14);1H. The largest absolute Gasteiger partial charge is 0.370 e. The molecule has 1 aliphatic heterocycles. The third-order valence-corrected chi connectivity index (χ3v) is 3.82. The zero-order valence-electron chi connectivity index (χ0n) is 10.9. The van der Waals surface area contributed by atoms with Crippen LogP contribution in [0.15, 0.2) is 29.3 Å². The van der Waals surface area contributed by atoms with Crippen LogP contribution in [0.25, 0.3) is 0 Å². The number of thioether (sulfide) groups is 1. The molecule has 1 saturated heterocycles. The Balaban J connectivity index is 0.00000200. The number of guanidine groups is 1. The van der Waals surface area contributed by atoms with Crippen LogP contribution >= 0.6 is 35.7 Å². The maximum Gasteiger partial charge on any atom is 0.269 e. The first-order valence-electron chi connectivity index (χ1n) is 6.03. The quantitative estimate of drug-likeness (QED) is 0.272. The molecule has 0 spiro atoms. The lowest BCUT2D eigenvalue weighted by molar-refractivity contribution is -0.384. The van der Waals surface area contributed by atoms with E-state index in [-0.39, 0.29) is 29.7 Å². The molecule has 1 aromatic rings. The van der Waals surface area contributed by atoms with Gasteiger partial charge in [-0.15, -0.1) is 24.0 Å². The number of hydrogen-bond acceptors (Lipinski definition) is 4. The van der Waals surface area contributed by atoms with Crippen molar-refractivity contribution >= 4 is 47.4 Å². The molecular formula is C12H17IN4O2S. The van der Waals surface area contributed by atoms with Crippen LogP contribution in [0, 0.1) is 10.1 Å². The van der Waals surface area contributed by atoms with Gasteiger partial charge >= 0.3 is 0 Å². The van der Waals surface area contributed by atoms with Gasteiger partial charge in [0, 0.05) is 36.7 Å². The van der Waals surface area contributed by atoms with Crippen molar-refractivity contribution in [2.75, 3.05) is 24.6 Å². The molecule has 8 heteroatoms. The minimum absolute atomic E-state index is 0. The fourth-order valence-electron chi connectivity index (χ4n) is 1.83. The maximum atomic E-state index is 10.7. The highest BCUT2D eigenvalue weighted by atomic mass is 127. The molecule has 20 heavy (non-hydrogen) atoms. The monoisotopic (exact) mass is 408 g/mol. The van der Waals surface area contributed by atoms with Gasteiger partial charge < -0.3 is 10.6 Å². The molecule has 0 aliphatic carbocycles. The van der Waals surface area contributed by atoms with Crippen LogP contribution in [-0.4, -0.2) is 40.4 Å². The summed E-state index contributed by atoms with van der Waals surface area (Å²) in [5.41, 5.74) is 6.81. The van der Waals surface area contributed by atoms with E-state index in [1.807, 2.05) is 22.7 Å². The summed E-state index contributed by atoms with van der Waals surface area (Å²) >= 11 is 1.91. The summed E-state index contributed by atoms with van der Waals surface area (Å²) in [7, 11) is 0. The van der Waals surface area contributed by atoms with E-state index in [1.165, 1.54) is 12.1 Å². The molecule has 1 aromatic carbocycles. The number of nitro benzene ring substituents is 1. The number of halogens is 1. The van der Waals surface area contributed by atoms with Gasteiger partial charge in [-0.1, -0.05) is 12.1 Å². The van der Waals surface area contributed by atoms with Gasteiger partial charge in [-0.05, 0) is 5.56 Å². The second kappa shape index (κ2) is 8.30. The number of rotatable bonds is 3. The number of nitrogens with two attached hydrogens (primary N) is 1. The summed E-state index contributed by atoms with van der Waals surface area (Å²) in [6.45, 7) is 2.20. The molecule has 0 amide bonds. The molecule has 0 aromatic heterocycles. The Bertz CT molecular complexity index is 492. The van der Waals surface area contributed by atoms with Crippen molar-refractivity contribution in [3.8, 4) is 0 Å². The van der Waals surface area contributed by atoms with Crippen LogP contribution in [0.5, 0.6) is 0 Å². The molecule has 6 nitrogen and oxygen atoms in total. The van der Waals surface area contributed by atoms with Crippen LogP contribution in [-0.2, 0) is 6.54 Å². The summed E-state index contributed by atoms with van der Waals surface area (Å²) in [6, 6.07) is 6.48. The molecule has 1 fully saturated rings. The molecule has 1 heterocycles. The van der Waals surface area contributed by atoms with Gasteiger partial charge in [0.2, 0.25) is 0 Å². The van der Waals surface area contributed by atoms with E-state index < -0.39 is 4.92 Å². The molecule has 0 atom stereocenters. The SMILES string of the molecule is I.NC(=NCc1cccc([N+](=O)[O-])c1)N1CCSCC1. The summed E-state index contributed by atoms with van der Waals surface area (Å²) in [5.74, 6) is 2.65. The van der Waals surface area contributed by atoms with Gasteiger partial charge in [0.1, 0.15) is 0 Å². The molecule has 110 valence electrons. The average molecular weight is 408 g/mol. The van der Waals surface area contributed by atoms with Crippen LogP contribution in [0.2, 0.25) is 0 Å². The molecule has 1 aliphatic rings. The lowest BCUT2D eigenvalue weighted by Gasteiger charge is -2.27. The number of benzene rings is 1. The molecular weight excluding hydrogens is 391 g/mol. The van der Waals surface area contributed by atoms with Crippen LogP contribution in [0.1, 0.15) is 5.56 Å². The van der Waals surface area contributed by atoms with Gasteiger partial charge in [-0.2, -0.15) is 11.8 Å². The van der Waals surface area contributed by atoms with Crippen LogP contribution in [0.3, 0.4) is 0 Å². The smallest absolute Gasteiger partial charge is 0.269 e. The lowest BCUT2D eigenvalue weighted by atomic mass is 10.2. The normalized spacial score (nSPS) is 15.6. The van der Waals surface area contributed by atoms with Gasteiger partial charge in [0.05, 0.1) is 11.5 Å². The van der Waals surface area contributed by atoms with Crippen molar-refractivity contribution < 1.29 is 4.92 Å². The van der Waals surface area contributed by atoms with E-state index in [4.69, 9.17) is 5.73 Å². The van der Waals surface area contributed by atoms with Crippen LogP contribution < -0.4 is 5.73 Å². The highest BCUT2D eigenvalue weighted by molar-refractivity contribution is 14.0. The van der Waals surface area contributed by atoms with Gasteiger partial charge in [-0.3, -0.25) is 10.1 Å². The lowest BCUT2D eigenvalue weighted by Crippen LogP contribution is -2.42. The van der Waals surface area contributed by atoms with Crippen molar-refractivity contribution in [2.45, 2.75) is 6.54 Å². The van der Waals surface area contributed by atoms with E-state index in [2.05, 4.69) is 4.99 Å². The van der Waals surface area contributed by atoms with Gasteiger partial charge in [-0.25, -0.2) is 4.99 Å². The summed E-state index contributed by atoms with van der Waals surface area (Å²) in [6.07, 6.45) is 0. The zero-order valence-corrected chi connectivity index (χ0v) is 14.0. The topological polar surface area (TPSA) is 84.8 Å². The minimum atomic E-state index is -0.404. The van der Waals surface area contributed by atoms with Crippen molar-refractivity contribution in [1.29, 1.82) is 0 Å². The number of aliphatic imine (C=N–C) groups is 1. The maximum absolute atomic E-state index is 10.7. The molecule has 0 radical (unpaired) electrons. The second-order valence-corrected chi connectivity index (χ2v) is 5.43. The van der Waals surface area contributed by atoms with E-state index in [1.54, 1.807) is 6.07 Å². The van der Waals surface area contributed by atoms with E-state index in [0.717, 1.165) is 30.2 Å². The van der Waals surface area contributed by atoms with Crippen molar-refractivity contribution in [3.63, 3.8) is 0 Å². The molecule has 2 rings (SSSR count). The highest BCUT2D eigenvalue weighted by Crippen LogP contribution is 2.14. The average Bonchev–Trinajstić information content (AvgIpc) is 2.46. The third kappa shape index (κ3) is 4.82. The molecule has 0 saturated carbocycles. The Kier molecular flexibility index (Phi) is 7.06. The summed E-state index contributed by atoms with van der Waals surface area (Å²) in [4.78, 5) is 16.6. The van der Waals surface area contributed by atoms with Crippen LogP contribution in [0.4, 0.5) is 5.69 Å². The van der Waals surface area contributed by atoms with E-state index in [0.29, 0.717) is 12.5 Å². The minimum Gasteiger partial charge on any atom is -0.370 e. The second-order valence-electron chi connectivity index (χ2n) is 4.20. The Morgan fingerprint density at radius 2 is 2.15 bits per heavy atom. The fourth-order valence-corrected chi connectivity index (χ4v) is 2.74. The van der Waals surface area contributed by atoms with Crippen molar-refractivity contribution in [1.82, 2.24) is 4.90 Å². The van der Waals surface area contributed by atoms with E-state index >= 15 is 0 Å². The third-order valence-electron chi connectivity index (χ3n) is 2.88. The first-order valence-corrected chi connectivity index (χ1v) is 7.18. The first kappa shape index (κ1) is 17.0. The highest BCUT2D eigenvalue weighted by Gasteiger charge is 2.12. The predicted molar refractivity (Wildman–Crippen MR) is 92.7 cm³/mol. The molecule has 0 bridgehead atoms. The Labute approximate surface area is 139 Å². The van der Waals surface area contributed by atoms with E-state index in [9.17, 15) is 10.1 Å². The first-order chi connectivity index (χ1) is 9.16. The summed E-state index contributed by atoms with van der Waals surface area (Å²) < 4.78 is 0. The number of hydrogen-bond donors (Lipinski definition) is 1. The van der Waals surface area contributed by atoms with Crippen molar-refractivity contribution in [3.05, 3.63) is 39.9 Å². The number of non-ortho nitro benzene ring substituents is 1. The molecule has 0 unspecified atom stereocenters. The van der Waals surface area contributed by atoms with Gasteiger partial charge in [0.25, 0.3) is 5.69 Å². The predicted octanol–water partition coefficient (Wildman–Crippen LogP) is 2.08. The van der Waals surface area contributed by atoms with Gasteiger partial charge in [0.15, 0.2) is 5.96 Å². The number of nitrogens with zero attached hydrogens (tertiary/aromatic N) is 3. The Morgan fingerprint density at radius 3 is 2.80 bits per heavy atom. The summed E-state index contributed by atoms with van der Waals surface area (Å²) in [5, 5.41) is 10.7. The zero-order chi connectivity index (χ0) is 13.7.